The van der Waals surface area contributed by atoms with E-state index in [0.717, 1.165) is 19.3 Å². The van der Waals surface area contributed by atoms with Crippen molar-refractivity contribution in [1.82, 2.24) is 15.5 Å². The van der Waals surface area contributed by atoms with E-state index in [1.165, 1.54) is 36.5 Å². The molecule has 0 saturated carbocycles. The van der Waals surface area contributed by atoms with E-state index in [0.29, 0.717) is 18.8 Å². The van der Waals surface area contributed by atoms with Gasteiger partial charge in [-0.3, -0.25) is 15.0 Å². The van der Waals surface area contributed by atoms with Gasteiger partial charge in [0, 0.05) is 31.3 Å². The van der Waals surface area contributed by atoms with Crippen molar-refractivity contribution < 1.29 is 27.6 Å². The average molecular weight is 413 g/mol. The largest absolute Gasteiger partial charge is 0.471 e. The second-order valence-electron chi connectivity index (χ2n) is 6.61. The Morgan fingerprint density at radius 1 is 1.17 bits per heavy atom. The lowest BCUT2D eigenvalue weighted by Gasteiger charge is -2.35. The molecule has 1 aromatic rings. The first-order chi connectivity index (χ1) is 13.6. The maximum Gasteiger partial charge on any atom is 0.471 e. The maximum absolute atomic E-state index is 12.6. The highest BCUT2D eigenvalue weighted by atomic mass is 19.4. The summed E-state index contributed by atoms with van der Waals surface area (Å²) in [5.74, 6) is -3.10. The van der Waals surface area contributed by atoms with Gasteiger partial charge in [0.1, 0.15) is 5.84 Å². The zero-order chi connectivity index (χ0) is 21.6. The van der Waals surface area contributed by atoms with Crippen LogP contribution < -0.4 is 16.0 Å². The summed E-state index contributed by atoms with van der Waals surface area (Å²) in [6.07, 6.45) is -2.52. The minimum absolute atomic E-state index is 0.0575. The predicted molar refractivity (Wildman–Crippen MR) is 99.5 cm³/mol. The smallest absolute Gasteiger partial charge is 0.354 e. The number of hydrogen-bond donors (Lipinski definition) is 4. The summed E-state index contributed by atoms with van der Waals surface area (Å²) in [5, 5.41) is 14.4. The molecule has 1 fully saturated rings. The Hall–Kier alpha value is -3.11. The van der Waals surface area contributed by atoms with Crippen LogP contribution in [0.3, 0.4) is 0 Å². The first-order valence-electron chi connectivity index (χ1n) is 8.97. The molecule has 1 aromatic carbocycles. The van der Waals surface area contributed by atoms with Crippen LogP contribution in [0, 0.1) is 5.41 Å². The molecule has 1 aliphatic heterocycles. The van der Waals surface area contributed by atoms with Crippen molar-refractivity contribution >= 4 is 29.4 Å². The van der Waals surface area contributed by atoms with E-state index in [1.54, 1.807) is 4.90 Å². The Balaban J connectivity index is 1.97. The summed E-state index contributed by atoms with van der Waals surface area (Å²) in [7, 11) is 0. The van der Waals surface area contributed by atoms with Crippen LogP contribution in [0.4, 0.5) is 23.7 Å². The fourth-order valence-corrected chi connectivity index (χ4v) is 2.91. The number of carbonyl (C=O) groups excluding carboxylic acids is 3. The number of halogens is 3. The monoisotopic (exact) mass is 413 g/mol. The highest BCUT2D eigenvalue weighted by molar-refractivity contribution is 6.07. The molecule has 1 heterocycles. The van der Waals surface area contributed by atoms with Gasteiger partial charge >= 0.3 is 18.1 Å². The Morgan fingerprint density at radius 3 is 2.41 bits per heavy atom. The van der Waals surface area contributed by atoms with Crippen molar-refractivity contribution in [3.8, 4) is 0 Å². The number of alkyl halides is 3. The standard InChI is InChI=1S/C18H22F3N5O3/c1-11(27)23-10-14-4-2-3-9-26(14)17(29)24-13-7-5-12(6-8-13)15(22)25-16(28)18(19,20)21/h5-8,14H,2-4,9-10H2,1H3,(H,23,27)(H,24,29)(H2,22,25,28). The Labute approximate surface area is 165 Å². The first-order valence-corrected chi connectivity index (χ1v) is 8.97. The number of likely N-dealkylation sites (tertiary alicyclic amines) is 1. The van der Waals surface area contributed by atoms with Crippen molar-refractivity contribution in [3.63, 3.8) is 0 Å². The quantitative estimate of drug-likeness (QED) is 0.448. The second-order valence-corrected chi connectivity index (χ2v) is 6.61. The fraction of sp³-hybridized carbons (Fsp3) is 0.444. The molecule has 0 aliphatic carbocycles. The number of piperidine rings is 1. The first kappa shape index (κ1) is 22.2. The molecule has 1 unspecified atom stereocenters. The van der Waals surface area contributed by atoms with E-state index in [1.807, 2.05) is 0 Å². The van der Waals surface area contributed by atoms with Crippen LogP contribution >= 0.6 is 0 Å². The molecule has 11 heteroatoms. The van der Waals surface area contributed by atoms with E-state index in [2.05, 4.69) is 10.6 Å². The van der Waals surface area contributed by atoms with Crippen molar-refractivity contribution in [2.75, 3.05) is 18.4 Å². The summed E-state index contributed by atoms with van der Waals surface area (Å²) < 4.78 is 36.8. The van der Waals surface area contributed by atoms with Crippen LogP contribution in [0.25, 0.3) is 0 Å². The Bertz CT molecular complexity index is 780. The van der Waals surface area contributed by atoms with Crippen LogP contribution in [-0.4, -0.2) is 53.9 Å². The molecular weight excluding hydrogens is 391 g/mol. The van der Waals surface area contributed by atoms with E-state index < -0.39 is 17.9 Å². The molecule has 0 bridgehead atoms. The molecule has 1 aliphatic rings. The van der Waals surface area contributed by atoms with Gasteiger partial charge in [-0.05, 0) is 43.5 Å². The highest BCUT2D eigenvalue weighted by Crippen LogP contribution is 2.19. The number of amidine groups is 1. The van der Waals surface area contributed by atoms with Gasteiger partial charge in [-0.15, -0.1) is 0 Å². The molecule has 8 nitrogen and oxygen atoms in total. The van der Waals surface area contributed by atoms with Gasteiger partial charge in [-0.2, -0.15) is 13.2 Å². The maximum atomic E-state index is 12.6. The second kappa shape index (κ2) is 9.39. The van der Waals surface area contributed by atoms with Gasteiger partial charge < -0.3 is 20.9 Å². The van der Waals surface area contributed by atoms with Crippen molar-refractivity contribution in [2.45, 2.75) is 38.4 Å². The molecule has 0 spiro atoms. The molecule has 158 valence electrons. The highest BCUT2D eigenvalue weighted by Gasteiger charge is 2.39. The van der Waals surface area contributed by atoms with Gasteiger partial charge in [-0.1, -0.05) is 0 Å². The van der Waals surface area contributed by atoms with Gasteiger partial charge in [0.25, 0.3) is 0 Å². The zero-order valence-electron chi connectivity index (χ0n) is 15.7. The molecule has 2 rings (SSSR count). The van der Waals surface area contributed by atoms with Crippen LogP contribution in [-0.2, 0) is 9.59 Å². The van der Waals surface area contributed by atoms with E-state index in [4.69, 9.17) is 5.41 Å². The van der Waals surface area contributed by atoms with Gasteiger partial charge in [0.15, 0.2) is 0 Å². The Kier molecular flexibility index (Phi) is 7.18. The minimum atomic E-state index is -5.08. The van der Waals surface area contributed by atoms with Crippen LogP contribution in [0.15, 0.2) is 24.3 Å². The van der Waals surface area contributed by atoms with Crippen LogP contribution in [0.1, 0.15) is 31.7 Å². The summed E-state index contributed by atoms with van der Waals surface area (Å²) >= 11 is 0. The molecule has 1 saturated heterocycles. The topological polar surface area (TPSA) is 114 Å². The number of nitrogens with zero attached hydrogens (tertiary/aromatic N) is 1. The summed E-state index contributed by atoms with van der Waals surface area (Å²) in [4.78, 5) is 36.2. The van der Waals surface area contributed by atoms with Gasteiger partial charge in [0.2, 0.25) is 5.91 Å². The lowest BCUT2D eigenvalue weighted by atomic mass is 10.0. The van der Waals surface area contributed by atoms with E-state index in [9.17, 15) is 27.6 Å². The number of amides is 4. The number of rotatable bonds is 4. The molecule has 1 atom stereocenters. The molecular formula is C18H22F3N5O3. The average Bonchev–Trinajstić information content (AvgIpc) is 2.66. The molecule has 0 radical (unpaired) electrons. The third kappa shape index (κ3) is 6.47. The number of anilines is 1. The van der Waals surface area contributed by atoms with E-state index >= 15 is 0 Å². The molecule has 0 aromatic heterocycles. The molecule has 4 amide bonds. The summed E-state index contributed by atoms with van der Waals surface area (Å²) in [6, 6.07) is 5.01. The molecule has 4 N–H and O–H groups in total. The summed E-state index contributed by atoms with van der Waals surface area (Å²) in [6.45, 7) is 2.31. The van der Waals surface area contributed by atoms with Crippen LogP contribution in [0.2, 0.25) is 0 Å². The number of benzene rings is 1. The lowest BCUT2D eigenvalue weighted by Crippen LogP contribution is -2.50. The number of nitrogens with one attached hydrogen (secondary N) is 4. The number of hydrogen-bond acceptors (Lipinski definition) is 4. The third-order valence-electron chi connectivity index (χ3n) is 4.40. The van der Waals surface area contributed by atoms with Gasteiger partial charge in [0.05, 0.1) is 6.04 Å². The zero-order valence-corrected chi connectivity index (χ0v) is 15.7. The number of urea groups is 1. The normalized spacial score (nSPS) is 16.7. The Morgan fingerprint density at radius 2 is 1.83 bits per heavy atom. The summed E-state index contributed by atoms with van der Waals surface area (Å²) in [5.41, 5.74) is 0.444. The van der Waals surface area contributed by atoms with Gasteiger partial charge in [-0.25, -0.2) is 4.79 Å². The van der Waals surface area contributed by atoms with Crippen molar-refractivity contribution in [3.05, 3.63) is 29.8 Å². The fourth-order valence-electron chi connectivity index (χ4n) is 2.91. The van der Waals surface area contributed by atoms with Crippen LogP contribution in [0.5, 0.6) is 0 Å². The van der Waals surface area contributed by atoms with Crippen molar-refractivity contribution in [2.24, 2.45) is 0 Å². The number of carbonyl (C=O) groups is 3. The lowest BCUT2D eigenvalue weighted by molar-refractivity contribution is -0.171. The molecule has 29 heavy (non-hydrogen) atoms. The SMILES string of the molecule is CC(=O)NCC1CCCCN1C(=O)Nc1ccc(C(=N)NC(=O)C(F)(F)F)cc1. The third-order valence-corrected chi connectivity index (χ3v) is 4.40. The predicted octanol–water partition coefficient (Wildman–Crippen LogP) is 2.21. The van der Waals surface area contributed by atoms with Crippen molar-refractivity contribution in [1.29, 1.82) is 5.41 Å². The minimum Gasteiger partial charge on any atom is -0.354 e. The van der Waals surface area contributed by atoms with E-state index in [-0.39, 0.29) is 23.5 Å².